The van der Waals surface area contributed by atoms with E-state index in [0.717, 1.165) is 29.4 Å². The Morgan fingerprint density at radius 1 is 1.08 bits per heavy atom. The average Bonchev–Trinajstić information content (AvgIpc) is 3.05. The average molecular weight is 318 g/mol. The number of hydrogen-bond donors (Lipinski definition) is 1. The molecule has 0 saturated carbocycles. The number of rotatable bonds is 8. The molecule has 3 rings (SSSR count). The molecule has 3 aromatic rings. The van der Waals surface area contributed by atoms with E-state index in [0.29, 0.717) is 13.1 Å². The maximum absolute atomic E-state index is 12.7. The SMILES string of the molecule is C=CCN(CCc1ccccc1)CC(=O)c1c[nH]c2ccccc12. The van der Waals surface area contributed by atoms with Gasteiger partial charge in [0.05, 0.1) is 6.54 Å². The summed E-state index contributed by atoms with van der Waals surface area (Å²) in [5.74, 6) is 0.141. The number of benzene rings is 2. The van der Waals surface area contributed by atoms with E-state index < -0.39 is 0 Å². The van der Waals surface area contributed by atoms with E-state index in [9.17, 15) is 4.79 Å². The van der Waals surface area contributed by atoms with Crippen molar-refractivity contribution >= 4 is 16.7 Å². The molecule has 0 radical (unpaired) electrons. The van der Waals surface area contributed by atoms with Crippen LogP contribution in [0, 0.1) is 0 Å². The molecule has 24 heavy (non-hydrogen) atoms. The van der Waals surface area contributed by atoms with Crippen molar-refractivity contribution in [2.24, 2.45) is 0 Å². The molecular formula is C21H22N2O. The summed E-state index contributed by atoms with van der Waals surface area (Å²) in [6.45, 7) is 5.77. The third-order valence-corrected chi connectivity index (χ3v) is 4.20. The van der Waals surface area contributed by atoms with Crippen molar-refractivity contribution < 1.29 is 4.79 Å². The first-order valence-electron chi connectivity index (χ1n) is 8.24. The molecule has 3 nitrogen and oxygen atoms in total. The van der Waals surface area contributed by atoms with Gasteiger partial charge in [-0.15, -0.1) is 6.58 Å². The molecule has 0 saturated heterocycles. The zero-order valence-electron chi connectivity index (χ0n) is 13.7. The number of nitrogens with one attached hydrogen (secondary N) is 1. The van der Waals surface area contributed by atoms with E-state index in [-0.39, 0.29) is 5.78 Å². The maximum atomic E-state index is 12.7. The highest BCUT2D eigenvalue weighted by atomic mass is 16.1. The summed E-state index contributed by atoms with van der Waals surface area (Å²) in [6, 6.07) is 18.3. The fourth-order valence-corrected chi connectivity index (χ4v) is 2.94. The highest BCUT2D eigenvalue weighted by molar-refractivity contribution is 6.08. The number of aromatic amines is 1. The van der Waals surface area contributed by atoms with Gasteiger partial charge in [-0.25, -0.2) is 0 Å². The summed E-state index contributed by atoms with van der Waals surface area (Å²) >= 11 is 0. The molecule has 0 amide bonds. The first kappa shape index (κ1) is 16.2. The molecule has 0 unspecified atom stereocenters. The zero-order valence-corrected chi connectivity index (χ0v) is 13.7. The minimum absolute atomic E-state index is 0.141. The van der Waals surface area contributed by atoms with E-state index in [2.05, 4.69) is 28.6 Å². The van der Waals surface area contributed by atoms with Crippen LogP contribution in [0.25, 0.3) is 10.9 Å². The van der Waals surface area contributed by atoms with E-state index in [4.69, 9.17) is 0 Å². The van der Waals surface area contributed by atoms with Crippen molar-refractivity contribution in [1.82, 2.24) is 9.88 Å². The molecule has 0 atom stereocenters. The highest BCUT2D eigenvalue weighted by Gasteiger charge is 2.15. The number of para-hydroxylation sites is 1. The Hall–Kier alpha value is -2.65. The lowest BCUT2D eigenvalue weighted by molar-refractivity contribution is 0.0940. The molecule has 0 aliphatic carbocycles. The topological polar surface area (TPSA) is 36.1 Å². The first-order valence-corrected chi connectivity index (χ1v) is 8.24. The summed E-state index contributed by atoms with van der Waals surface area (Å²) in [6.07, 6.45) is 4.60. The third kappa shape index (κ3) is 3.81. The van der Waals surface area contributed by atoms with E-state index >= 15 is 0 Å². The lowest BCUT2D eigenvalue weighted by atomic mass is 10.1. The minimum Gasteiger partial charge on any atom is -0.360 e. The Morgan fingerprint density at radius 3 is 2.62 bits per heavy atom. The normalized spacial score (nSPS) is 11.0. The number of carbonyl (C=O) groups is 1. The molecule has 1 aromatic heterocycles. The van der Waals surface area contributed by atoms with Crippen LogP contribution in [-0.2, 0) is 6.42 Å². The van der Waals surface area contributed by atoms with Gasteiger partial charge in [0.2, 0.25) is 0 Å². The number of aromatic nitrogens is 1. The molecule has 0 bridgehead atoms. The van der Waals surface area contributed by atoms with Crippen molar-refractivity contribution in [3.8, 4) is 0 Å². The highest BCUT2D eigenvalue weighted by Crippen LogP contribution is 2.18. The Labute approximate surface area is 142 Å². The molecule has 3 heteroatoms. The molecule has 0 spiro atoms. The predicted molar refractivity (Wildman–Crippen MR) is 99.4 cm³/mol. The molecule has 1 N–H and O–H groups in total. The van der Waals surface area contributed by atoms with Gasteiger partial charge in [-0.3, -0.25) is 9.69 Å². The summed E-state index contributed by atoms with van der Waals surface area (Å²) in [5.41, 5.74) is 3.05. The van der Waals surface area contributed by atoms with Gasteiger partial charge >= 0.3 is 0 Å². The summed E-state index contributed by atoms with van der Waals surface area (Å²) < 4.78 is 0. The number of H-pyrrole nitrogens is 1. The molecule has 0 fully saturated rings. The Balaban J connectivity index is 1.68. The van der Waals surface area contributed by atoms with Crippen molar-refractivity contribution in [2.45, 2.75) is 6.42 Å². The second-order valence-electron chi connectivity index (χ2n) is 5.93. The number of ketones is 1. The Morgan fingerprint density at radius 2 is 1.83 bits per heavy atom. The second kappa shape index (κ2) is 7.75. The molecule has 1 heterocycles. The Bertz CT molecular complexity index is 820. The monoisotopic (exact) mass is 318 g/mol. The minimum atomic E-state index is 0.141. The number of fused-ring (bicyclic) bond motifs is 1. The smallest absolute Gasteiger partial charge is 0.178 e. The molecular weight excluding hydrogens is 296 g/mol. The van der Waals surface area contributed by atoms with Gasteiger partial charge in [-0.2, -0.15) is 0 Å². The second-order valence-corrected chi connectivity index (χ2v) is 5.93. The van der Waals surface area contributed by atoms with Crippen LogP contribution in [0.15, 0.2) is 73.4 Å². The number of hydrogen-bond acceptors (Lipinski definition) is 2. The van der Waals surface area contributed by atoms with Gasteiger partial charge in [-0.05, 0) is 18.1 Å². The molecule has 122 valence electrons. The maximum Gasteiger partial charge on any atom is 0.178 e. The van der Waals surface area contributed by atoms with Gasteiger partial charge in [0.25, 0.3) is 0 Å². The lowest BCUT2D eigenvalue weighted by Crippen LogP contribution is -2.32. The molecule has 0 aliphatic heterocycles. The van der Waals surface area contributed by atoms with Crippen molar-refractivity contribution in [3.63, 3.8) is 0 Å². The van der Waals surface area contributed by atoms with Crippen molar-refractivity contribution in [1.29, 1.82) is 0 Å². The van der Waals surface area contributed by atoms with Gasteiger partial charge in [0.15, 0.2) is 5.78 Å². The number of nitrogens with zero attached hydrogens (tertiary/aromatic N) is 1. The summed E-state index contributed by atoms with van der Waals surface area (Å²) in [5, 5.41) is 0.990. The molecule has 2 aromatic carbocycles. The fraction of sp³-hybridized carbons (Fsp3) is 0.190. The fourth-order valence-electron chi connectivity index (χ4n) is 2.94. The van der Waals surface area contributed by atoms with Crippen LogP contribution in [0.2, 0.25) is 0 Å². The van der Waals surface area contributed by atoms with Crippen LogP contribution in [-0.4, -0.2) is 35.3 Å². The summed E-state index contributed by atoms with van der Waals surface area (Å²) in [4.78, 5) is 18.0. The van der Waals surface area contributed by atoms with Crippen LogP contribution in [0.4, 0.5) is 0 Å². The number of carbonyl (C=O) groups excluding carboxylic acids is 1. The van der Waals surface area contributed by atoms with Crippen LogP contribution in [0.1, 0.15) is 15.9 Å². The number of Topliss-reactive ketones (excluding diaryl/α,β-unsaturated/α-hetero) is 1. The van der Waals surface area contributed by atoms with Gasteiger partial charge in [0.1, 0.15) is 0 Å². The van der Waals surface area contributed by atoms with E-state index in [1.54, 1.807) is 0 Å². The largest absolute Gasteiger partial charge is 0.360 e. The van der Waals surface area contributed by atoms with Crippen molar-refractivity contribution in [3.05, 3.63) is 84.6 Å². The first-order chi connectivity index (χ1) is 11.8. The van der Waals surface area contributed by atoms with Gasteiger partial charge in [-0.1, -0.05) is 54.6 Å². The van der Waals surface area contributed by atoms with Crippen molar-refractivity contribution in [2.75, 3.05) is 19.6 Å². The lowest BCUT2D eigenvalue weighted by Gasteiger charge is -2.19. The quantitative estimate of drug-likeness (QED) is 0.502. The van der Waals surface area contributed by atoms with Crippen LogP contribution in [0.5, 0.6) is 0 Å². The van der Waals surface area contributed by atoms with E-state index in [1.807, 2.05) is 54.7 Å². The van der Waals surface area contributed by atoms with E-state index in [1.165, 1.54) is 5.56 Å². The zero-order chi connectivity index (χ0) is 16.8. The van der Waals surface area contributed by atoms with Gasteiger partial charge in [0, 0.05) is 35.8 Å². The molecule has 0 aliphatic rings. The summed E-state index contributed by atoms with van der Waals surface area (Å²) in [7, 11) is 0. The predicted octanol–water partition coefficient (Wildman–Crippen LogP) is 4.08. The van der Waals surface area contributed by atoms with Crippen LogP contribution in [0.3, 0.4) is 0 Å². The Kier molecular flexibility index (Phi) is 5.24. The van der Waals surface area contributed by atoms with Crippen LogP contribution >= 0.6 is 0 Å². The standard InChI is InChI=1S/C21H22N2O/c1-2-13-23(14-12-17-8-4-3-5-9-17)16-21(24)19-15-22-20-11-7-6-10-18(19)20/h2-11,15,22H,1,12-14,16H2. The van der Waals surface area contributed by atoms with Crippen LogP contribution < -0.4 is 0 Å². The third-order valence-electron chi connectivity index (χ3n) is 4.20. The van der Waals surface area contributed by atoms with Gasteiger partial charge < -0.3 is 4.98 Å².